The van der Waals surface area contributed by atoms with Crippen LogP contribution in [0.3, 0.4) is 0 Å². The fourth-order valence-electron chi connectivity index (χ4n) is 1.64. The minimum atomic E-state index is -0.960. The van der Waals surface area contributed by atoms with Gasteiger partial charge in [-0.3, -0.25) is 0 Å². The Balaban J connectivity index is 2.85. The van der Waals surface area contributed by atoms with Gasteiger partial charge in [-0.05, 0) is 30.0 Å². The lowest BCUT2D eigenvalue weighted by atomic mass is 9.85. The number of benzene rings is 1. The van der Waals surface area contributed by atoms with Crippen LogP contribution in [-0.2, 0) is 10.2 Å². The van der Waals surface area contributed by atoms with E-state index in [-0.39, 0.29) is 12.0 Å². The summed E-state index contributed by atoms with van der Waals surface area (Å²) in [5, 5.41) is 8.49. The summed E-state index contributed by atoms with van der Waals surface area (Å²) in [6.07, 6.45) is 2.58. The molecule has 0 aliphatic carbocycles. The second-order valence-corrected chi connectivity index (χ2v) is 5.30. The molecule has 0 aliphatic rings. The topological polar surface area (TPSA) is 46.5 Å². The molecule has 0 amide bonds. The molecule has 1 rings (SSSR count). The average Bonchev–Trinajstić information content (AvgIpc) is 2.24. The zero-order valence-electron chi connectivity index (χ0n) is 11.4. The molecule has 0 unspecified atom stereocenters. The smallest absolute Gasteiger partial charge is 0.328 e. The van der Waals surface area contributed by atoms with E-state index in [2.05, 4.69) is 26.8 Å². The number of aliphatic carboxylic acids is 1. The predicted molar refractivity (Wildman–Crippen MR) is 72.1 cm³/mol. The highest BCUT2D eigenvalue weighted by molar-refractivity contribution is 5.79. The van der Waals surface area contributed by atoms with Crippen molar-refractivity contribution in [2.75, 3.05) is 6.61 Å². The lowest BCUT2D eigenvalue weighted by Crippen LogP contribution is -2.14. The van der Waals surface area contributed by atoms with Crippen LogP contribution in [0.25, 0.3) is 0 Å². The molecule has 0 saturated carbocycles. The molecule has 0 saturated heterocycles. The summed E-state index contributed by atoms with van der Waals surface area (Å²) in [7, 11) is 0. The van der Waals surface area contributed by atoms with Crippen molar-refractivity contribution in [2.45, 2.75) is 33.1 Å². The van der Waals surface area contributed by atoms with Gasteiger partial charge in [0.05, 0.1) is 0 Å². The number of hydrogen-bond acceptors (Lipinski definition) is 2. The highest BCUT2D eigenvalue weighted by atomic mass is 16.5. The molecule has 0 aromatic heterocycles. The fraction of sp³-hybridized carbons (Fsp3) is 0.400. The fourth-order valence-corrected chi connectivity index (χ4v) is 1.64. The van der Waals surface area contributed by atoms with E-state index in [1.165, 1.54) is 11.6 Å². The number of hydrogen-bond donors (Lipinski definition) is 1. The maximum Gasteiger partial charge on any atom is 0.328 e. The first-order valence-electron chi connectivity index (χ1n) is 5.94. The van der Waals surface area contributed by atoms with Gasteiger partial charge in [-0.15, -0.1) is 0 Å². The Morgan fingerprint density at radius 1 is 1.39 bits per heavy atom. The van der Waals surface area contributed by atoms with E-state index >= 15 is 0 Å². The summed E-state index contributed by atoms with van der Waals surface area (Å²) in [5.41, 5.74) is 2.32. The number of rotatable bonds is 4. The maximum atomic E-state index is 10.3. The highest BCUT2D eigenvalue weighted by Gasteiger charge is 2.18. The Bertz CT molecular complexity index is 453. The molecule has 0 heterocycles. The summed E-state index contributed by atoms with van der Waals surface area (Å²) in [6.45, 7) is 8.69. The van der Waals surface area contributed by atoms with E-state index in [1.54, 1.807) is 0 Å². The van der Waals surface area contributed by atoms with Gasteiger partial charge in [-0.2, -0.15) is 0 Å². The van der Waals surface area contributed by atoms with E-state index in [0.717, 1.165) is 17.4 Å². The molecule has 0 fully saturated rings. The molecule has 0 radical (unpaired) electrons. The number of ether oxygens (including phenoxy) is 1. The molecule has 1 aromatic rings. The Hall–Kier alpha value is -1.77. The normalized spacial score (nSPS) is 11.8. The van der Waals surface area contributed by atoms with Crippen LogP contribution in [0.15, 0.2) is 30.4 Å². The third kappa shape index (κ3) is 4.24. The van der Waals surface area contributed by atoms with E-state index in [1.807, 2.05) is 19.1 Å². The Morgan fingerprint density at radius 2 is 2.06 bits per heavy atom. The third-order valence-electron chi connectivity index (χ3n) is 2.54. The molecule has 0 bridgehead atoms. The molecule has 1 aromatic carbocycles. The Kier molecular flexibility index (Phi) is 4.54. The second-order valence-electron chi connectivity index (χ2n) is 5.30. The molecular weight excluding hydrogens is 228 g/mol. The van der Waals surface area contributed by atoms with Crippen LogP contribution in [0, 0.1) is 6.92 Å². The minimum absolute atomic E-state index is 0.00212. The second kappa shape index (κ2) is 5.71. The van der Waals surface area contributed by atoms with Crippen molar-refractivity contribution in [3.05, 3.63) is 41.5 Å². The van der Waals surface area contributed by atoms with Crippen LogP contribution in [-0.4, -0.2) is 17.7 Å². The van der Waals surface area contributed by atoms with Gasteiger partial charge < -0.3 is 9.84 Å². The lowest BCUT2D eigenvalue weighted by Gasteiger charge is -2.23. The van der Waals surface area contributed by atoms with Gasteiger partial charge in [-0.25, -0.2) is 4.79 Å². The van der Waals surface area contributed by atoms with Crippen LogP contribution in [0.1, 0.15) is 31.9 Å². The van der Waals surface area contributed by atoms with Crippen molar-refractivity contribution in [1.82, 2.24) is 0 Å². The molecular formula is C15H20O3. The summed E-state index contributed by atoms with van der Waals surface area (Å²) in [6, 6.07) is 6.03. The van der Waals surface area contributed by atoms with Gasteiger partial charge in [-0.1, -0.05) is 38.5 Å². The molecule has 0 atom stereocenters. The predicted octanol–water partition coefficient (Wildman–Crippen LogP) is 3.31. The van der Waals surface area contributed by atoms with Crippen molar-refractivity contribution in [3.8, 4) is 5.75 Å². The van der Waals surface area contributed by atoms with Crippen LogP contribution in [0.4, 0.5) is 0 Å². The zero-order chi connectivity index (χ0) is 13.8. The standard InChI is InChI=1S/C15H20O3/c1-11-7-8-13(12(10-11)15(2,3)4)18-9-5-6-14(16)17/h5-8,10H,9H2,1-4H3,(H,16,17). The summed E-state index contributed by atoms with van der Waals surface area (Å²) < 4.78 is 5.62. The molecule has 1 N–H and O–H groups in total. The average molecular weight is 248 g/mol. The number of carbonyl (C=O) groups is 1. The van der Waals surface area contributed by atoms with E-state index in [0.29, 0.717) is 0 Å². The lowest BCUT2D eigenvalue weighted by molar-refractivity contribution is -0.131. The van der Waals surface area contributed by atoms with Crippen LogP contribution in [0.2, 0.25) is 0 Å². The molecule has 3 nitrogen and oxygen atoms in total. The van der Waals surface area contributed by atoms with Gasteiger partial charge in [0.25, 0.3) is 0 Å². The summed E-state index contributed by atoms with van der Waals surface area (Å²) in [4.78, 5) is 10.3. The van der Waals surface area contributed by atoms with Crippen LogP contribution in [0.5, 0.6) is 5.75 Å². The molecule has 0 aliphatic heterocycles. The van der Waals surface area contributed by atoms with Crippen molar-refractivity contribution < 1.29 is 14.6 Å². The molecule has 98 valence electrons. The number of carboxylic acid groups (broad SMARTS) is 1. The van der Waals surface area contributed by atoms with E-state index in [4.69, 9.17) is 9.84 Å². The Labute approximate surface area is 108 Å². The number of aryl methyl sites for hydroxylation is 1. The molecule has 0 spiro atoms. The van der Waals surface area contributed by atoms with Crippen LogP contribution >= 0.6 is 0 Å². The third-order valence-corrected chi connectivity index (χ3v) is 2.54. The molecule has 18 heavy (non-hydrogen) atoms. The van der Waals surface area contributed by atoms with Gasteiger partial charge in [0.2, 0.25) is 0 Å². The van der Waals surface area contributed by atoms with Crippen molar-refractivity contribution in [3.63, 3.8) is 0 Å². The monoisotopic (exact) mass is 248 g/mol. The zero-order valence-corrected chi connectivity index (χ0v) is 11.4. The van der Waals surface area contributed by atoms with Crippen molar-refractivity contribution >= 4 is 5.97 Å². The van der Waals surface area contributed by atoms with Gasteiger partial charge in [0, 0.05) is 6.08 Å². The highest BCUT2D eigenvalue weighted by Crippen LogP contribution is 2.32. The Morgan fingerprint density at radius 3 is 2.61 bits per heavy atom. The van der Waals surface area contributed by atoms with Gasteiger partial charge in [0.1, 0.15) is 12.4 Å². The maximum absolute atomic E-state index is 10.3. The van der Waals surface area contributed by atoms with Crippen LogP contribution < -0.4 is 4.74 Å². The SMILES string of the molecule is Cc1ccc(OCC=CC(=O)O)c(C(C)(C)C)c1. The van der Waals surface area contributed by atoms with E-state index < -0.39 is 5.97 Å². The number of carboxylic acids is 1. The first kappa shape index (κ1) is 14.3. The van der Waals surface area contributed by atoms with E-state index in [9.17, 15) is 4.79 Å². The summed E-state index contributed by atoms with van der Waals surface area (Å²) in [5.74, 6) is -0.151. The largest absolute Gasteiger partial charge is 0.489 e. The first-order chi connectivity index (χ1) is 8.30. The quantitative estimate of drug-likeness (QED) is 0.831. The summed E-state index contributed by atoms with van der Waals surface area (Å²) >= 11 is 0. The van der Waals surface area contributed by atoms with Crippen molar-refractivity contribution in [1.29, 1.82) is 0 Å². The van der Waals surface area contributed by atoms with Gasteiger partial charge >= 0.3 is 5.97 Å². The molecule has 3 heteroatoms. The minimum Gasteiger partial charge on any atom is -0.489 e. The van der Waals surface area contributed by atoms with Crippen molar-refractivity contribution in [2.24, 2.45) is 0 Å². The first-order valence-corrected chi connectivity index (χ1v) is 5.94. The van der Waals surface area contributed by atoms with Gasteiger partial charge in [0.15, 0.2) is 0 Å².